The first-order chi connectivity index (χ1) is 9.58. The minimum atomic E-state index is 0.142. The highest BCUT2D eigenvalue weighted by atomic mass is 35.5. The molecule has 1 aromatic heterocycles. The van der Waals surface area contributed by atoms with E-state index in [1.165, 1.54) is 0 Å². The number of ether oxygens (including phenoxy) is 1. The third kappa shape index (κ3) is 5.88. The highest BCUT2D eigenvalue weighted by Crippen LogP contribution is 2.12. The Labute approximate surface area is 125 Å². The van der Waals surface area contributed by atoms with Crippen molar-refractivity contribution >= 4 is 17.5 Å². The Morgan fingerprint density at radius 1 is 1.20 bits per heavy atom. The van der Waals surface area contributed by atoms with Crippen LogP contribution < -0.4 is 10.1 Å². The smallest absolute Gasteiger partial charge is 0.322 e. The summed E-state index contributed by atoms with van der Waals surface area (Å²) < 4.78 is 5.38. The zero-order valence-electron chi connectivity index (χ0n) is 12.7. The molecule has 0 fully saturated rings. The second kappa shape index (κ2) is 8.92. The lowest BCUT2D eigenvalue weighted by molar-refractivity contribution is 0.289. The molecule has 0 amide bonds. The van der Waals surface area contributed by atoms with E-state index in [0.29, 0.717) is 12.6 Å². The van der Waals surface area contributed by atoms with Gasteiger partial charge in [-0.25, -0.2) is 0 Å². The van der Waals surface area contributed by atoms with Gasteiger partial charge in [-0.3, -0.25) is 0 Å². The van der Waals surface area contributed by atoms with Gasteiger partial charge in [0.15, 0.2) is 0 Å². The zero-order valence-corrected chi connectivity index (χ0v) is 13.4. The molecule has 0 aliphatic rings. The van der Waals surface area contributed by atoms with Crippen LogP contribution in [0.3, 0.4) is 0 Å². The summed E-state index contributed by atoms with van der Waals surface area (Å²) in [5, 5.41) is 3.37. The topological polar surface area (TPSA) is 63.2 Å². The first kappa shape index (κ1) is 16.9. The molecule has 0 bridgehead atoms. The van der Waals surface area contributed by atoms with Gasteiger partial charge in [-0.1, -0.05) is 20.8 Å². The Balaban J connectivity index is 2.64. The molecule has 0 aromatic carbocycles. The first-order valence-corrected chi connectivity index (χ1v) is 7.50. The maximum absolute atomic E-state index is 5.88. The summed E-state index contributed by atoms with van der Waals surface area (Å²) in [6.45, 7) is 11.9. The predicted molar refractivity (Wildman–Crippen MR) is 81.5 cm³/mol. The minimum absolute atomic E-state index is 0.142. The van der Waals surface area contributed by atoms with E-state index in [0.717, 1.165) is 26.1 Å². The van der Waals surface area contributed by atoms with Crippen molar-refractivity contribution in [1.82, 2.24) is 19.9 Å². The van der Waals surface area contributed by atoms with E-state index in [9.17, 15) is 0 Å². The second-order valence-electron chi connectivity index (χ2n) is 4.59. The van der Waals surface area contributed by atoms with Crippen LogP contribution in [0, 0.1) is 0 Å². The van der Waals surface area contributed by atoms with Gasteiger partial charge >= 0.3 is 6.01 Å². The van der Waals surface area contributed by atoms with Crippen molar-refractivity contribution in [2.24, 2.45) is 0 Å². The Kier molecular flexibility index (Phi) is 7.54. The average Bonchev–Trinajstić information content (AvgIpc) is 2.41. The fourth-order valence-corrected chi connectivity index (χ4v) is 1.94. The molecule has 1 unspecified atom stereocenters. The van der Waals surface area contributed by atoms with E-state index >= 15 is 0 Å². The molecule has 0 saturated heterocycles. The van der Waals surface area contributed by atoms with Crippen LogP contribution >= 0.6 is 11.6 Å². The van der Waals surface area contributed by atoms with Gasteiger partial charge in [-0.15, -0.1) is 0 Å². The molecule has 1 heterocycles. The van der Waals surface area contributed by atoms with Crippen molar-refractivity contribution in [3.63, 3.8) is 0 Å². The highest BCUT2D eigenvalue weighted by Gasteiger charge is 2.11. The van der Waals surface area contributed by atoms with Gasteiger partial charge in [0.25, 0.3) is 0 Å². The van der Waals surface area contributed by atoms with Gasteiger partial charge in [0.1, 0.15) is 0 Å². The van der Waals surface area contributed by atoms with Crippen LogP contribution in [-0.4, -0.2) is 52.1 Å². The Bertz CT molecular complexity index is 400. The molecule has 114 valence electrons. The van der Waals surface area contributed by atoms with E-state index in [1.807, 2.05) is 6.92 Å². The molecular weight excluding hydrogens is 278 g/mol. The standard InChI is InChI=1S/C13H24ClN5O/c1-5-8-20-13-17-11(14)16-12(18-13)15-10(4)9-19(6-2)7-3/h10H,5-9H2,1-4H3,(H,15,16,17,18). The molecule has 0 aliphatic carbocycles. The summed E-state index contributed by atoms with van der Waals surface area (Å²) >= 11 is 5.88. The zero-order chi connectivity index (χ0) is 15.0. The lowest BCUT2D eigenvalue weighted by Gasteiger charge is -2.23. The number of likely N-dealkylation sites (N-methyl/N-ethyl adjacent to an activating group) is 1. The molecule has 0 saturated carbocycles. The lowest BCUT2D eigenvalue weighted by atomic mass is 10.3. The Morgan fingerprint density at radius 2 is 1.90 bits per heavy atom. The molecule has 7 heteroatoms. The molecule has 1 rings (SSSR count). The summed E-state index contributed by atoms with van der Waals surface area (Å²) in [6, 6.07) is 0.483. The van der Waals surface area contributed by atoms with Gasteiger partial charge in [-0.05, 0) is 38.0 Å². The normalized spacial score (nSPS) is 12.5. The van der Waals surface area contributed by atoms with Gasteiger partial charge in [0.05, 0.1) is 6.61 Å². The summed E-state index contributed by atoms with van der Waals surface area (Å²) in [7, 11) is 0. The number of nitrogens with one attached hydrogen (secondary N) is 1. The molecule has 0 radical (unpaired) electrons. The largest absolute Gasteiger partial charge is 0.463 e. The molecule has 20 heavy (non-hydrogen) atoms. The van der Waals surface area contributed by atoms with Crippen LogP contribution in [-0.2, 0) is 0 Å². The van der Waals surface area contributed by atoms with Crippen LogP contribution in [0.4, 0.5) is 5.95 Å². The number of anilines is 1. The van der Waals surface area contributed by atoms with Crippen molar-refractivity contribution < 1.29 is 4.74 Å². The maximum Gasteiger partial charge on any atom is 0.322 e. The number of rotatable bonds is 9. The molecule has 1 atom stereocenters. The highest BCUT2D eigenvalue weighted by molar-refractivity contribution is 6.28. The van der Waals surface area contributed by atoms with Crippen LogP contribution in [0.5, 0.6) is 6.01 Å². The third-order valence-electron chi connectivity index (χ3n) is 2.82. The van der Waals surface area contributed by atoms with Crippen LogP contribution in [0.2, 0.25) is 5.28 Å². The van der Waals surface area contributed by atoms with Gasteiger partial charge in [0.2, 0.25) is 11.2 Å². The first-order valence-electron chi connectivity index (χ1n) is 7.12. The Hall–Kier alpha value is -1.14. The molecule has 1 N–H and O–H groups in total. The molecule has 0 aliphatic heterocycles. The van der Waals surface area contributed by atoms with Gasteiger partial charge in [0, 0.05) is 12.6 Å². The summed E-state index contributed by atoms with van der Waals surface area (Å²) in [4.78, 5) is 14.6. The van der Waals surface area contributed by atoms with E-state index in [4.69, 9.17) is 16.3 Å². The summed E-state index contributed by atoms with van der Waals surface area (Å²) in [5.41, 5.74) is 0. The number of halogens is 1. The predicted octanol–water partition coefficient (Wildman–Crippen LogP) is 2.46. The molecular formula is C13H24ClN5O. The maximum atomic E-state index is 5.88. The van der Waals surface area contributed by atoms with Crippen molar-refractivity contribution in [3.8, 4) is 6.01 Å². The van der Waals surface area contributed by atoms with Crippen LogP contribution in [0.1, 0.15) is 34.1 Å². The van der Waals surface area contributed by atoms with E-state index in [2.05, 4.69) is 45.9 Å². The van der Waals surface area contributed by atoms with Crippen molar-refractivity contribution in [2.75, 3.05) is 31.6 Å². The van der Waals surface area contributed by atoms with E-state index in [-0.39, 0.29) is 17.3 Å². The fourth-order valence-electron chi connectivity index (χ4n) is 1.79. The molecule has 0 spiro atoms. The number of hydrogen-bond donors (Lipinski definition) is 1. The van der Waals surface area contributed by atoms with Crippen LogP contribution in [0.25, 0.3) is 0 Å². The van der Waals surface area contributed by atoms with Crippen molar-refractivity contribution in [3.05, 3.63) is 5.28 Å². The molecule has 6 nitrogen and oxygen atoms in total. The minimum Gasteiger partial charge on any atom is -0.463 e. The van der Waals surface area contributed by atoms with Crippen molar-refractivity contribution in [2.45, 2.75) is 40.2 Å². The average molecular weight is 302 g/mol. The second-order valence-corrected chi connectivity index (χ2v) is 4.93. The summed E-state index contributed by atoms with van der Waals surface area (Å²) in [6.07, 6.45) is 0.893. The fraction of sp³-hybridized carbons (Fsp3) is 0.769. The molecule has 1 aromatic rings. The van der Waals surface area contributed by atoms with E-state index < -0.39 is 0 Å². The number of aromatic nitrogens is 3. The van der Waals surface area contributed by atoms with Crippen molar-refractivity contribution in [1.29, 1.82) is 0 Å². The van der Waals surface area contributed by atoms with E-state index in [1.54, 1.807) is 0 Å². The SMILES string of the molecule is CCCOc1nc(Cl)nc(NC(C)CN(CC)CC)n1. The Morgan fingerprint density at radius 3 is 2.50 bits per heavy atom. The lowest BCUT2D eigenvalue weighted by Crippen LogP contribution is -2.35. The van der Waals surface area contributed by atoms with Gasteiger partial charge < -0.3 is 15.0 Å². The number of nitrogens with zero attached hydrogens (tertiary/aromatic N) is 4. The third-order valence-corrected chi connectivity index (χ3v) is 2.99. The monoisotopic (exact) mass is 301 g/mol. The van der Waals surface area contributed by atoms with Gasteiger partial charge in [-0.2, -0.15) is 15.0 Å². The summed E-state index contributed by atoms with van der Waals surface area (Å²) in [5.74, 6) is 0.454. The number of hydrogen-bond acceptors (Lipinski definition) is 6. The quantitative estimate of drug-likeness (QED) is 0.756. The van der Waals surface area contributed by atoms with Crippen LogP contribution in [0.15, 0.2) is 0 Å².